The van der Waals surface area contributed by atoms with E-state index in [9.17, 15) is 4.79 Å². The van der Waals surface area contributed by atoms with E-state index < -0.39 is 44.1 Å². The van der Waals surface area contributed by atoms with Gasteiger partial charge in [-0.2, -0.15) is 7.82 Å². The quantitative estimate of drug-likeness (QED) is 0.213. The van der Waals surface area contributed by atoms with Crippen LogP contribution in [0.15, 0.2) is 11.5 Å². The van der Waals surface area contributed by atoms with Crippen molar-refractivity contribution < 1.29 is 138 Å². The summed E-state index contributed by atoms with van der Waals surface area (Å²) in [5, 5.41) is 35.0. The summed E-state index contributed by atoms with van der Waals surface area (Å²) in [4.78, 5) is 36.2. The molecule has 0 amide bonds. The standard InChI is InChI=1S/C6H8O6.3Na.H3O4P/c7-1-2(8)5-3(9)4(10)6(11)12-5;;;;1-5(2,3)4/h2,5,7-10H,1H2;;;;(H3,1,2,3,4)/q;3*+1;/p-3/t2-,5-;;;;/m1..../s1. The summed E-state index contributed by atoms with van der Waals surface area (Å²) in [5.74, 6) is -2.78. The van der Waals surface area contributed by atoms with Gasteiger partial charge in [0.25, 0.3) is 0 Å². The summed E-state index contributed by atoms with van der Waals surface area (Å²) < 4.78 is 12.9. The van der Waals surface area contributed by atoms with Crippen LogP contribution in [0.2, 0.25) is 0 Å². The molecule has 1 aliphatic heterocycles. The molecule has 0 spiro atoms. The minimum Gasteiger partial charge on any atom is -0.822 e. The number of carbonyl (C=O) groups excluding carboxylic acids is 1. The fraction of sp³-hybridized carbons (Fsp3) is 0.500. The Morgan fingerprint density at radius 3 is 1.75 bits per heavy atom. The van der Waals surface area contributed by atoms with E-state index in [2.05, 4.69) is 4.74 Å². The van der Waals surface area contributed by atoms with Gasteiger partial charge in [0.15, 0.2) is 11.9 Å². The molecule has 2 atom stereocenters. The Balaban J connectivity index is -0.000000141. The SMILES string of the molecule is O=C1O[C@H]([C@H](O)CO)C(O)=C1O.O=P([O-])([O-])[O-].[Na+].[Na+].[Na+]. The Morgan fingerprint density at radius 2 is 1.55 bits per heavy atom. The molecule has 0 fully saturated rings. The maximum Gasteiger partial charge on any atom is 1.00 e. The van der Waals surface area contributed by atoms with Crippen molar-refractivity contribution in [2.24, 2.45) is 0 Å². The van der Waals surface area contributed by atoms with Crippen LogP contribution in [0.1, 0.15) is 0 Å². The minimum absolute atomic E-state index is 0. The average Bonchev–Trinajstić information content (AvgIpc) is 2.42. The van der Waals surface area contributed by atoms with Gasteiger partial charge in [-0.15, -0.1) is 0 Å². The Kier molecular flexibility index (Phi) is 19.8. The zero-order valence-corrected chi connectivity index (χ0v) is 17.9. The van der Waals surface area contributed by atoms with Crippen LogP contribution in [0.4, 0.5) is 0 Å². The van der Waals surface area contributed by atoms with Crippen LogP contribution < -0.4 is 103 Å². The van der Waals surface area contributed by atoms with Crippen LogP contribution >= 0.6 is 7.82 Å². The number of esters is 1. The van der Waals surface area contributed by atoms with E-state index in [0.717, 1.165) is 0 Å². The molecule has 1 rings (SSSR count). The summed E-state index contributed by atoms with van der Waals surface area (Å²) in [6.45, 7) is -0.671. The first-order valence-corrected chi connectivity index (χ1v) is 5.39. The van der Waals surface area contributed by atoms with Crippen molar-refractivity contribution in [3.8, 4) is 0 Å². The summed E-state index contributed by atoms with van der Waals surface area (Å²) in [6.07, 6.45) is -2.78. The second-order valence-corrected chi connectivity index (χ2v) is 3.65. The van der Waals surface area contributed by atoms with Crippen LogP contribution in [0.25, 0.3) is 0 Å². The topological polar surface area (TPSA) is 193 Å². The molecule has 0 bridgehead atoms. The predicted molar refractivity (Wildman–Crippen MR) is 42.9 cm³/mol. The maximum atomic E-state index is 10.5. The molecule has 1 aliphatic rings. The van der Waals surface area contributed by atoms with E-state index in [1.807, 2.05) is 0 Å². The zero-order valence-electron chi connectivity index (χ0n) is 11.0. The van der Waals surface area contributed by atoms with Gasteiger partial charge in [-0.3, -0.25) is 0 Å². The van der Waals surface area contributed by atoms with Crippen LogP contribution in [0.5, 0.6) is 0 Å². The van der Waals surface area contributed by atoms with Gasteiger partial charge in [0.1, 0.15) is 6.10 Å². The molecule has 0 aromatic carbocycles. The number of ether oxygens (including phenoxy) is 1. The van der Waals surface area contributed by atoms with Gasteiger partial charge in [-0.05, 0) is 0 Å². The molecule has 0 radical (unpaired) electrons. The molecular formula is C6H8Na3O10P. The third-order valence-electron chi connectivity index (χ3n) is 1.48. The van der Waals surface area contributed by atoms with Gasteiger partial charge in [-0.25, -0.2) is 4.79 Å². The van der Waals surface area contributed by atoms with Gasteiger partial charge in [-0.1, -0.05) is 0 Å². The number of cyclic esters (lactones) is 1. The second kappa shape index (κ2) is 13.3. The smallest absolute Gasteiger partial charge is 0.822 e. The van der Waals surface area contributed by atoms with Gasteiger partial charge in [0, 0.05) is 0 Å². The molecule has 0 aromatic heterocycles. The molecule has 0 unspecified atom stereocenters. The number of hydrogen-bond acceptors (Lipinski definition) is 10. The monoisotopic (exact) mass is 340 g/mol. The summed E-state index contributed by atoms with van der Waals surface area (Å²) in [7, 11) is -5.39. The zero-order chi connectivity index (χ0) is 13.8. The molecule has 14 heteroatoms. The molecule has 0 saturated heterocycles. The number of aliphatic hydroxyl groups is 4. The first-order valence-electron chi connectivity index (χ1n) is 3.93. The first kappa shape index (κ1) is 29.8. The molecule has 20 heavy (non-hydrogen) atoms. The Labute approximate surface area is 179 Å². The Bertz CT molecular complexity index is 360. The van der Waals surface area contributed by atoms with E-state index in [4.69, 9.17) is 39.7 Å². The number of aliphatic hydroxyl groups excluding tert-OH is 4. The number of phosphoric acid groups is 1. The van der Waals surface area contributed by atoms with Gasteiger partial charge in [0.2, 0.25) is 5.76 Å². The predicted octanol–water partition coefficient (Wildman–Crippen LogP) is -13.2. The van der Waals surface area contributed by atoms with Gasteiger partial charge >= 0.3 is 94.6 Å². The van der Waals surface area contributed by atoms with Gasteiger partial charge in [0.05, 0.1) is 6.61 Å². The summed E-state index contributed by atoms with van der Waals surface area (Å²) in [6, 6.07) is 0. The van der Waals surface area contributed by atoms with E-state index >= 15 is 0 Å². The van der Waals surface area contributed by atoms with Crippen LogP contribution in [-0.2, 0) is 14.1 Å². The third-order valence-corrected chi connectivity index (χ3v) is 1.48. The normalized spacial score (nSPS) is 18.4. The van der Waals surface area contributed by atoms with Crippen molar-refractivity contribution in [1.29, 1.82) is 0 Å². The molecule has 100 valence electrons. The van der Waals surface area contributed by atoms with Crippen LogP contribution in [-0.4, -0.2) is 45.2 Å². The van der Waals surface area contributed by atoms with Crippen LogP contribution in [0, 0.1) is 0 Å². The Morgan fingerprint density at radius 1 is 1.20 bits per heavy atom. The van der Waals surface area contributed by atoms with Crippen molar-refractivity contribution in [2.45, 2.75) is 12.2 Å². The van der Waals surface area contributed by atoms with E-state index in [1.165, 1.54) is 0 Å². The fourth-order valence-corrected chi connectivity index (χ4v) is 0.823. The number of hydrogen-bond donors (Lipinski definition) is 4. The molecule has 0 aliphatic carbocycles. The largest absolute Gasteiger partial charge is 1.00 e. The maximum absolute atomic E-state index is 10.5. The summed E-state index contributed by atoms with van der Waals surface area (Å²) in [5.41, 5.74) is 0. The van der Waals surface area contributed by atoms with Crippen LogP contribution in [0.3, 0.4) is 0 Å². The number of carbonyl (C=O) groups is 1. The average molecular weight is 340 g/mol. The van der Waals surface area contributed by atoms with E-state index in [-0.39, 0.29) is 88.7 Å². The van der Waals surface area contributed by atoms with Gasteiger partial charge < -0.3 is 44.4 Å². The fourth-order valence-electron chi connectivity index (χ4n) is 0.823. The molecule has 4 N–H and O–H groups in total. The van der Waals surface area contributed by atoms with Crippen molar-refractivity contribution >= 4 is 13.8 Å². The van der Waals surface area contributed by atoms with E-state index in [0.29, 0.717) is 0 Å². The second-order valence-electron chi connectivity index (χ2n) is 2.76. The molecular weight excluding hydrogens is 332 g/mol. The van der Waals surface area contributed by atoms with Crippen molar-refractivity contribution in [2.75, 3.05) is 6.61 Å². The number of rotatable bonds is 2. The summed E-state index contributed by atoms with van der Waals surface area (Å²) >= 11 is 0. The van der Waals surface area contributed by atoms with Crippen molar-refractivity contribution in [3.05, 3.63) is 11.5 Å². The first-order chi connectivity index (χ1) is 7.57. The molecule has 0 saturated carbocycles. The Hall–Kier alpha value is 1.84. The third kappa shape index (κ3) is 12.4. The molecule has 10 nitrogen and oxygen atoms in total. The molecule has 1 heterocycles. The van der Waals surface area contributed by atoms with Crippen molar-refractivity contribution in [3.63, 3.8) is 0 Å². The minimum atomic E-state index is -5.39. The molecule has 0 aromatic rings. The van der Waals surface area contributed by atoms with Crippen molar-refractivity contribution in [1.82, 2.24) is 0 Å². The van der Waals surface area contributed by atoms with E-state index in [1.54, 1.807) is 0 Å².